The Balaban J connectivity index is 1.97. The third-order valence-electron chi connectivity index (χ3n) is 4.83. The third kappa shape index (κ3) is 3.26. The second-order valence-electron chi connectivity index (χ2n) is 6.44. The molecule has 0 fully saturated rings. The van der Waals surface area contributed by atoms with Crippen LogP contribution in [0.1, 0.15) is 38.3 Å². The Labute approximate surface area is 157 Å². The highest BCUT2D eigenvalue weighted by Gasteiger charge is 2.20. The zero-order valence-corrected chi connectivity index (χ0v) is 14.9. The van der Waals surface area contributed by atoms with Gasteiger partial charge in [0, 0.05) is 17.5 Å². The molecule has 0 radical (unpaired) electrons. The van der Waals surface area contributed by atoms with Gasteiger partial charge in [-0.15, -0.1) is 0 Å². The molecule has 1 aliphatic carbocycles. The van der Waals surface area contributed by atoms with E-state index in [4.69, 9.17) is 4.74 Å². The van der Waals surface area contributed by atoms with E-state index in [0.717, 1.165) is 39.9 Å². The molecule has 1 aromatic heterocycles. The normalized spacial score (nSPS) is 14.2. The summed E-state index contributed by atoms with van der Waals surface area (Å²) in [6, 6.07) is 16.1. The Morgan fingerprint density at radius 1 is 1.07 bits per heavy atom. The molecule has 0 saturated carbocycles. The molecule has 2 aromatic carbocycles. The molecule has 0 unspecified atom stereocenters. The van der Waals surface area contributed by atoms with Crippen molar-refractivity contribution in [3.8, 4) is 0 Å². The van der Waals surface area contributed by atoms with Crippen molar-refractivity contribution in [3.05, 3.63) is 100 Å². The number of nitrogens with zero attached hydrogens (tertiary/aromatic N) is 1. The van der Waals surface area contributed by atoms with Crippen molar-refractivity contribution in [2.45, 2.75) is 12.8 Å². The number of aromatic nitrogens is 1. The van der Waals surface area contributed by atoms with Gasteiger partial charge in [0.05, 0.1) is 12.7 Å². The molecule has 0 amide bonds. The van der Waals surface area contributed by atoms with Crippen LogP contribution in [0.4, 0.5) is 4.39 Å². The topological polar surface area (TPSA) is 39.2 Å². The monoisotopic (exact) mass is 359 g/mol. The summed E-state index contributed by atoms with van der Waals surface area (Å²) < 4.78 is 18.7. The van der Waals surface area contributed by atoms with Gasteiger partial charge in [0.25, 0.3) is 0 Å². The molecule has 0 N–H and O–H groups in total. The minimum atomic E-state index is -0.387. The first-order chi connectivity index (χ1) is 13.2. The number of hydrogen-bond donors (Lipinski definition) is 0. The SMILES string of the molecule is COC(=O)c1ccccc1/C=C1\c2ccc(F)cc2CCc2ncccc21. The fraction of sp³-hybridized carbons (Fsp3) is 0.130. The van der Waals surface area contributed by atoms with Crippen LogP contribution in [-0.2, 0) is 17.6 Å². The van der Waals surface area contributed by atoms with Crippen molar-refractivity contribution in [1.29, 1.82) is 0 Å². The molecule has 27 heavy (non-hydrogen) atoms. The van der Waals surface area contributed by atoms with Crippen LogP contribution in [0, 0.1) is 5.82 Å². The lowest BCUT2D eigenvalue weighted by molar-refractivity contribution is 0.0600. The lowest BCUT2D eigenvalue weighted by Gasteiger charge is -2.13. The molecule has 0 aliphatic heterocycles. The first kappa shape index (κ1) is 17.2. The van der Waals surface area contributed by atoms with Crippen LogP contribution < -0.4 is 0 Å². The number of methoxy groups -OCH3 is 1. The quantitative estimate of drug-likeness (QED) is 0.623. The average Bonchev–Trinajstić information content (AvgIpc) is 2.85. The summed E-state index contributed by atoms with van der Waals surface area (Å²) in [6.07, 6.45) is 5.19. The number of halogens is 1. The maximum atomic E-state index is 13.8. The molecule has 4 rings (SSSR count). The largest absolute Gasteiger partial charge is 0.465 e. The number of pyridine rings is 1. The van der Waals surface area contributed by atoms with Crippen LogP contribution in [0.2, 0.25) is 0 Å². The molecule has 0 spiro atoms. The van der Waals surface area contributed by atoms with E-state index in [1.165, 1.54) is 13.2 Å². The molecule has 0 saturated heterocycles. The van der Waals surface area contributed by atoms with Crippen molar-refractivity contribution in [1.82, 2.24) is 4.98 Å². The van der Waals surface area contributed by atoms with Gasteiger partial charge in [-0.05, 0) is 65.4 Å². The van der Waals surface area contributed by atoms with E-state index in [0.29, 0.717) is 12.0 Å². The van der Waals surface area contributed by atoms with E-state index < -0.39 is 0 Å². The standard InChI is InChI=1S/C23H18FNO2/c1-27-23(26)19-6-3-2-5-15(19)14-21-18-10-9-17(24)13-16(18)8-11-22-20(21)7-4-12-25-22/h2-7,9-10,12-14H,8,11H2,1H3/b21-14+. The molecule has 0 bridgehead atoms. The summed E-state index contributed by atoms with van der Waals surface area (Å²) in [5.74, 6) is -0.635. The predicted molar refractivity (Wildman–Crippen MR) is 103 cm³/mol. The maximum absolute atomic E-state index is 13.8. The smallest absolute Gasteiger partial charge is 0.338 e. The first-order valence-corrected chi connectivity index (χ1v) is 8.79. The van der Waals surface area contributed by atoms with Gasteiger partial charge in [0.2, 0.25) is 0 Å². The second kappa shape index (κ2) is 7.16. The number of carbonyl (C=O) groups excluding carboxylic acids is 1. The van der Waals surface area contributed by atoms with Crippen molar-refractivity contribution in [3.63, 3.8) is 0 Å². The minimum Gasteiger partial charge on any atom is -0.465 e. The van der Waals surface area contributed by atoms with Crippen molar-refractivity contribution < 1.29 is 13.9 Å². The summed E-state index contributed by atoms with van der Waals surface area (Å²) in [7, 11) is 1.37. The number of hydrogen-bond acceptors (Lipinski definition) is 3. The summed E-state index contributed by atoms with van der Waals surface area (Å²) in [6.45, 7) is 0. The van der Waals surface area contributed by atoms with E-state index >= 15 is 0 Å². The summed E-state index contributed by atoms with van der Waals surface area (Å²) in [5.41, 5.74) is 6.05. The lowest BCUT2D eigenvalue weighted by atomic mass is 9.92. The number of carbonyl (C=O) groups is 1. The van der Waals surface area contributed by atoms with E-state index in [-0.39, 0.29) is 11.8 Å². The fourth-order valence-corrected chi connectivity index (χ4v) is 3.54. The predicted octanol–water partition coefficient (Wildman–Crippen LogP) is 4.69. The minimum absolute atomic E-state index is 0.248. The van der Waals surface area contributed by atoms with Gasteiger partial charge in [0.1, 0.15) is 5.82 Å². The Hall–Kier alpha value is -3.27. The number of ether oxygens (including phenoxy) is 1. The van der Waals surface area contributed by atoms with Gasteiger partial charge >= 0.3 is 5.97 Å². The van der Waals surface area contributed by atoms with Crippen molar-refractivity contribution >= 4 is 17.6 Å². The summed E-state index contributed by atoms with van der Waals surface area (Å²) in [5, 5.41) is 0. The highest BCUT2D eigenvalue weighted by atomic mass is 19.1. The molecule has 4 heteroatoms. The van der Waals surface area contributed by atoms with Crippen LogP contribution in [0.3, 0.4) is 0 Å². The Kier molecular flexibility index (Phi) is 4.55. The Bertz CT molecular complexity index is 1060. The van der Waals surface area contributed by atoms with Crippen LogP contribution in [0.15, 0.2) is 60.8 Å². The van der Waals surface area contributed by atoms with Crippen LogP contribution in [0.5, 0.6) is 0 Å². The average molecular weight is 359 g/mol. The van der Waals surface area contributed by atoms with Crippen LogP contribution in [0.25, 0.3) is 11.6 Å². The second-order valence-corrected chi connectivity index (χ2v) is 6.44. The van der Waals surface area contributed by atoms with Crippen molar-refractivity contribution in [2.75, 3.05) is 7.11 Å². The Morgan fingerprint density at radius 3 is 2.78 bits per heavy atom. The summed E-state index contributed by atoms with van der Waals surface area (Å²) >= 11 is 0. The Morgan fingerprint density at radius 2 is 1.93 bits per heavy atom. The van der Waals surface area contributed by atoms with Gasteiger partial charge < -0.3 is 4.74 Å². The van der Waals surface area contributed by atoms with Crippen molar-refractivity contribution in [2.24, 2.45) is 0 Å². The summed E-state index contributed by atoms with van der Waals surface area (Å²) in [4.78, 5) is 16.7. The maximum Gasteiger partial charge on any atom is 0.338 e. The van der Waals surface area contributed by atoms with Gasteiger partial charge in [-0.1, -0.05) is 30.3 Å². The highest BCUT2D eigenvalue weighted by Crippen LogP contribution is 2.35. The molecule has 134 valence electrons. The molecule has 3 aromatic rings. The molecular weight excluding hydrogens is 341 g/mol. The van der Waals surface area contributed by atoms with E-state index in [1.807, 2.05) is 30.3 Å². The van der Waals surface area contributed by atoms with E-state index in [2.05, 4.69) is 4.98 Å². The lowest BCUT2D eigenvalue weighted by Crippen LogP contribution is -2.04. The molecule has 3 nitrogen and oxygen atoms in total. The van der Waals surface area contributed by atoms with Gasteiger partial charge in [0.15, 0.2) is 0 Å². The first-order valence-electron chi connectivity index (χ1n) is 8.79. The zero-order chi connectivity index (χ0) is 18.8. The zero-order valence-electron chi connectivity index (χ0n) is 14.9. The number of esters is 1. The number of rotatable bonds is 2. The molecule has 1 heterocycles. The fourth-order valence-electron chi connectivity index (χ4n) is 3.54. The van der Waals surface area contributed by atoms with Gasteiger partial charge in [-0.3, -0.25) is 4.98 Å². The van der Waals surface area contributed by atoms with Crippen LogP contribution >= 0.6 is 0 Å². The molecular formula is C23H18FNO2. The number of benzene rings is 2. The highest BCUT2D eigenvalue weighted by molar-refractivity contribution is 5.99. The third-order valence-corrected chi connectivity index (χ3v) is 4.83. The van der Waals surface area contributed by atoms with Gasteiger partial charge in [-0.2, -0.15) is 0 Å². The number of fused-ring (bicyclic) bond motifs is 2. The van der Waals surface area contributed by atoms with Crippen LogP contribution in [-0.4, -0.2) is 18.1 Å². The number of aryl methyl sites for hydroxylation is 2. The molecule has 1 aliphatic rings. The van der Waals surface area contributed by atoms with E-state index in [9.17, 15) is 9.18 Å². The van der Waals surface area contributed by atoms with E-state index in [1.54, 1.807) is 30.5 Å². The molecule has 0 atom stereocenters. The van der Waals surface area contributed by atoms with Gasteiger partial charge in [-0.25, -0.2) is 9.18 Å².